The average Bonchev–Trinajstić information content (AvgIpc) is 3.50. The first kappa shape index (κ1) is 28.8. The Hall–Kier alpha value is -2.20. The van der Waals surface area contributed by atoms with Crippen molar-refractivity contribution in [3.05, 3.63) is 54.6 Å². The Labute approximate surface area is 237 Å². The molecule has 0 saturated carbocycles. The topological polar surface area (TPSA) is 90.4 Å². The summed E-state index contributed by atoms with van der Waals surface area (Å²) in [5.74, 6) is -2.45. The van der Waals surface area contributed by atoms with Crippen LogP contribution in [0.3, 0.4) is 0 Å². The molecule has 3 heterocycles. The van der Waals surface area contributed by atoms with Gasteiger partial charge >= 0.3 is 0 Å². The first-order valence-electron chi connectivity index (χ1n) is 13.0. The quantitative estimate of drug-likeness (QED) is 0.307. The lowest BCUT2D eigenvalue weighted by molar-refractivity contribution is -0.147. The highest BCUT2D eigenvalue weighted by molar-refractivity contribution is 9.09. The maximum atomic E-state index is 14.4. The minimum absolute atomic E-state index is 0.175. The van der Waals surface area contributed by atoms with Crippen LogP contribution < -0.4 is 4.90 Å². The number of hydrogen-bond donors (Lipinski definition) is 1. The number of halogens is 2. The van der Waals surface area contributed by atoms with E-state index < -0.39 is 35.6 Å². The molecule has 3 aliphatic heterocycles. The van der Waals surface area contributed by atoms with Crippen LogP contribution in [0.15, 0.2) is 49.6 Å². The minimum Gasteiger partial charge on any atom is -0.394 e. The highest BCUT2D eigenvalue weighted by Crippen LogP contribution is 2.60. The zero-order chi connectivity index (χ0) is 27.8. The largest absolute Gasteiger partial charge is 0.394 e. The third-order valence-corrected chi connectivity index (χ3v) is 8.95. The molecule has 8 nitrogen and oxygen atoms in total. The second-order valence-corrected chi connectivity index (χ2v) is 11.8. The van der Waals surface area contributed by atoms with Crippen molar-refractivity contribution in [1.29, 1.82) is 0 Å². The third kappa shape index (κ3) is 4.61. The van der Waals surface area contributed by atoms with E-state index in [1.807, 2.05) is 6.92 Å². The lowest BCUT2D eigenvalue weighted by Gasteiger charge is -2.38. The van der Waals surface area contributed by atoms with Crippen molar-refractivity contribution >= 4 is 50.9 Å². The van der Waals surface area contributed by atoms with Crippen LogP contribution in [0.4, 0.5) is 5.69 Å². The van der Waals surface area contributed by atoms with Crippen LogP contribution in [-0.4, -0.2) is 87.5 Å². The summed E-state index contributed by atoms with van der Waals surface area (Å²) >= 11 is 9.79. The minimum atomic E-state index is -1.21. The van der Waals surface area contributed by atoms with Gasteiger partial charge in [0.1, 0.15) is 11.6 Å². The van der Waals surface area contributed by atoms with Gasteiger partial charge in [-0.2, -0.15) is 0 Å². The molecule has 3 fully saturated rings. The van der Waals surface area contributed by atoms with Gasteiger partial charge in [0.05, 0.1) is 30.6 Å². The zero-order valence-corrected chi connectivity index (χ0v) is 24.1. The molecule has 0 radical (unpaired) electrons. The number of rotatable bonds is 11. The van der Waals surface area contributed by atoms with Crippen molar-refractivity contribution in [2.45, 2.75) is 55.3 Å². The summed E-state index contributed by atoms with van der Waals surface area (Å²) in [5.41, 5.74) is -0.617. The van der Waals surface area contributed by atoms with Crippen LogP contribution in [0.25, 0.3) is 0 Å². The predicted molar refractivity (Wildman–Crippen MR) is 150 cm³/mol. The first-order valence-corrected chi connectivity index (χ1v) is 14.3. The number of aliphatic hydroxyl groups excluding tert-OH is 1. The van der Waals surface area contributed by atoms with Gasteiger partial charge in [0.25, 0.3) is 5.91 Å². The van der Waals surface area contributed by atoms with E-state index in [1.165, 1.54) is 4.90 Å². The molecule has 206 valence electrons. The number of carbonyl (C=O) groups excluding carboxylic acids is 3. The van der Waals surface area contributed by atoms with Crippen molar-refractivity contribution in [3.8, 4) is 0 Å². The third-order valence-electron chi connectivity index (χ3n) is 7.86. The second kappa shape index (κ2) is 11.5. The molecule has 3 amide bonds. The van der Waals surface area contributed by atoms with Gasteiger partial charge < -0.3 is 24.5 Å². The maximum Gasteiger partial charge on any atom is 0.253 e. The van der Waals surface area contributed by atoms with Gasteiger partial charge in [-0.25, -0.2) is 0 Å². The Kier molecular flexibility index (Phi) is 8.71. The van der Waals surface area contributed by atoms with E-state index in [1.54, 1.807) is 53.1 Å². The van der Waals surface area contributed by atoms with E-state index in [0.717, 1.165) is 6.42 Å². The summed E-state index contributed by atoms with van der Waals surface area (Å²) < 4.78 is 6.59. The summed E-state index contributed by atoms with van der Waals surface area (Å²) in [5, 5.41) is 10.6. The van der Waals surface area contributed by atoms with Crippen LogP contribution >= 0.6 is 27.5 Å². The number of hydrogen-bond acceptors (Lipinski definition) is 5. The lowest BCUT2D eigenvalue weighted by Crippen LogP contribution is -2.59. The van der Waals surface area contributed by atoms with E-state index in [0.29, 0.717) is 30.2 Å². The summed E-state index contributed by atoms with van der Waals surface area (Å²) in [6.45, 7) is 12.0. The standard InChI is InChI=1S/C28H35BrClN3O5/c1-5-12-31(13-6-2)25(35)21-22-26(36)33(17(4)16-34)24(28(22)15-20(29)23(21)38-28)27(37)32(14-7-3)19-10-8-18(30)9-11-19/h5,7-11,17,20-24,34H,1,3,6,12-16H2,2,4H3/t17-,20?,21-,22+,23-,24?,28?/m1/s1. The molecule has 0 aromatic heterocycles. The van der Waals surface area contributed by atoms with Gasteiger partial charge in [-0.1, -0.05) is 46.6 Å². The number of fused-ring (bicyclic) bond motifs is 1. The van der Waals surface area contributed by atoms with Crippen molar-refractivity contribution in [2.24, 2.45) is 11.8 Å². The van der Waals surface area contributed by atoms with E-state index in [-0.39, 0.29) is 35.7 Å². The summed E-state index contributed by atoms with van der Waals surface area (Å²) in [7, 11) is 0. The fourth-order valence-corrected chi connectivity index (χ4v) is 7.41. The van der Waals surface area contributed by atoms with E-state index in [4.69, 9.17) is 16.3 Å². The van der Waals surface area contributed by atoms with Gasteiger partial charge in [0.2, 0.25) is 11.8 Å². The van der Waals surface area contributed by atoms with Crippen LogP contribution in [0.1, 0.15) is 26.7 Å². The number of amides is 3. The average molecular weight is 609 g/mol. The number of aliphatic hydroxyl groups is 1. The number of nitrogens with zero attached hydrogens (tertiary/aromatic N) is 3. The van der Waals surface area contributed by atoms with Gasteiger partial charge in [0, 0.05) is 35.2 Å². The molecular weight excluding hydrogens is 574 g/mol. The fourth-order valence-electron chi connectivity index (χ4n) is 6.34. The molecule has 4 rings (SSSR count). The Morgan fingerprint density at radius 1 is 1.26 bits per heavy atom. The molecule has 10 heteroatoms. The lowest BCUT2D eigenvalue weighted by atomic mass is 9.70. The molecule has 1 spiro atoms. The van der Waals surface area contributed by atoms with Crippen molar-refractivity contribution in [1.82, 2.24) is 9.80 Å². The van der Waals surface area contributed by atoms with Crippen LogP contribution in [-0.2, 0) is 19.1 Å². The number of likely N-dealkylation sites (tertiary alicyclic amines) is 1. The molecule has 3 aliphatic rings. The first-order chi connectivity index (χ1) is 18.2. The van der Waals surface area contributed by atoms with Crippen LogP contribution in [0.5, 0.6) is 0 Å². The highest BCUT2D eigenvalue weighted by Gasteiger charge is 2.77. The highest BCUT2D eigenvalue weighted by atomic mass is 79.9. The van der Waals surface area contributed by atoms with Crippen molar-refractivity contribution in [3.63, 3.8) is 0 Å². The molecular formula is C28H35BrClN3O5. The van der Waals surface area contributed by atoms with Crippen LogP contribution in [0, 0.1) is 11.8 Å². The van der Waals surface area contributed by atoms with Gasteiger partial charge in [-0.15, -0.1) is 13.2 Å². The SMILES string of the molecule is C=CCN(CCC)C(=O)[C@H]1[C@@H]2OC3(CC2Br)C(C(=O)N(CC=C)c2ccc(Cl)cc2)N([C@H](C)CO)C(=O)[C@H]13. The Morgan fingerprint density at radius 2 is 1.92 bits per heavy atom. The summed E-state index contributed by atoms with van der Waals surface area (Å²) in [6, 6.07) is 5.18. The Morgan fingerprint density at radius 3 is 2.50 bits per heavy atom. The molecule has 3 unspecified atom stereocenters. The van der Waals surface area contributed by atoms with E-state index >= 15 is 0 Å². The van der Waals surface area contributed by atoms with Crippen molar-refractivity contribution < 1.29 is 24.2 Å². The molecule has 2 bridgehead atoms. The van der Waals surface area contributed by atoms with Gasteiger partial charge in [-0.3, -0.25) is 14.4 Å². The molecule has 1 N–H and O–H groups in total. The summed E-state index contributed by atoms with van der Waals surface area (Å²) in [4.78, 5) is 46.9. The number of ether oxygens (including phenoxy) is 1. The number of alkyl halides is 1. The zero-order valence-electron chi connectivity index (χ0n) is 21.8. The smallest absolute Gasteiger partial charge is 0.253 e. The number of anilines is 1. The molecule has 0 aliphatic carbocycles. The number of carbonyl (C=O) groups is 3. The molecule has 1 aromatic rings. The Bertz CT molecular complexity index is 1100. The Balaban J connectivity index is 1.81. The fraction of sp³-hybridized carbons (Fsp3) is 0.536. The molecule has 7 atom stereocenters. The molecule has 1 aromatic carbocycles. The normalized spacial score (nSPS) is 30.2. The molecule has 38 heavy (non-hydrogen) atoms. The van der Waals surface area contributed by atoms with E-state index in [9.17, 15) is 19.5 Å². The predicted octanol–water partition coefficient (Wildman–Crippen LogP) is 3.41. The van der Waals surface area contributed by atoms with E-state index in [2.05, 4.69) is 29.1 Å². The monoisotopic (exact) mass is 607 g/mol. The maximum absolute atomic E-state index is 14.4. The van der Waals surface area contributed by atoms with Crippen LogP contribution in [0.2, 0.25) is 5.02 Å². The van der Waals surface area contributed by atoms with Gasteiger partial charge in [0.15, 0.2) is 0 Å². The summed E-state index contributed by atoms with van der Waals surface area (Å²) in [6.07, 6.45) is 3.88. The number of benzene rings is 1. The van der Waals surface area contributed by atoms with Crippen molar-refractivity contribution in [2.75, 3.05) is 31.1 Å². The van der Waals surface area contributed by atoms with Gasteiger partial charge in [-0.05, 0) is 44.0 Å². The molecule has 3 saturated heterocycles. The second-order valence-electron chi connectivity index (χ2n) is 10.2.